The maximum atomic E-state index is 11.5. The van der Waals surface area contributed by atoms with E-state index in [-0.39, 0.29) is 18.2 Å². The van der Waals surface area contributed by atoms with E-state index >= 15 is 0 Å². The molecule has 0 N–H and O–H groups in total. The summed E-state index contributed by atoms with van der Waals surface area (Å²) in [6, 6.07) is 0. The first-order valence-corrected chi connectivity index (χ1v) is 10.8. The largest absolute Gasteiger partial charge is 0.492 e. The molecule has 0 saturated heterocycles. The molecule has 20 heavy (non-hydrogen) atoms. The molecule has 1 saturated carbocycles. The standard InChI is InChI=1S/C15H28O4Si/c1-11(15(16)17-3)12(2)18-13-9-7-8-10-14(13)19-20(4,5)6/h13-14H,7-10H2,1-6H3/b12-11-/t13-,14-/m0/s1. The lowest BCUT2D eigenvalue weighted by Gasteiger charge is -2.36. The number of carbonyl (C=O) groups is 1. The Kier molecular flexibility index (Phi) is 6.26. The number of ether oxygens (including phenoxy) is 2. The van der Waals surface area contributed by atoms with Gasteiger partial charge in [0.15, 0.2) is 8.32 Å². The number of carbonyl (C=O) groups excluding carboxylic acids is 1. The first kappa shape index (κ1) is 17.2. The lowest BCUT2D eigenvalue weighted by molar-refractivity contribution is -0.136. The summed E-state index contributed by atoms with van der Waals surface area (Å²) in [5.41, 5.74) is 0.532. The lowest BCUT2D eigenvalue weighted by Crippen LogP contribution is -2.42. The number of hydrogen-bond donors (Lipinski definition) is 0. The quantitative estimate of drug-likeness (QED) is 0.336. The van der Waals surface area contributed by atoms with Gasteiger partial charge in [-0.2, -0.15) is 0 Å². The summed E-state index contributed by atoms with van der Waals surface area (Å²) in [5.74, 6) is 0.314. The zero-order chi connectivity index (χ0) is 15.3. The van der Waals surface area contributed by atoms with Crippen molar-refractivity contribution in [3.05, 3.63) is 11.3 Å². The maximum absolute atomic E-state index is 11.5. The molecular weight excluding hydrogens is 272 g/mol. The minimum Gasteiger partial charge on any atom is -0.492 e. The van der Waals surface area contributed by atoms with Crippen LogP contribution in [0.1, 0.15) is 39.5 Å². The molecule has 116 valence electrons. The van der Waals surface area contributed by atoms with Crippen LogP contribution in [0.5, 0.6) is 0 Å². The van der Waals surface area contributed by atoms with Crippen molar-refractivity contribution in [2.75, 3.05) is 7.11 Å². The van der Waals surface area contributed by atoms with Crippen LogP contribution in [0.4, 0.5) is 0 Å². The van der Waals surface area contributed by atoms with E-state index in [4.69, 9.17) is 13.9 Å². The van der Waals surface area contributed by atoms with Crippen LogP contribution in [0.25, 0.3) is 0 Å². The second-order valence-corrected chi connectivity index (χ2v) is 10.8. The monoisotopic (exact) mass is 300 g/mol. The topological polar surface area (TPSA) is 44.8 Å². The van der Waals surface area contributed by atoms with Gasteiger partial charge < -0.3 is 13.9 Å². The van der Waals surface area contributed by atoms with E-state index in [2.05, 4.69) is 19.6 Å². The summed E-state index contributed by atoms with van der Waals surface area (Å²) in [4.78, 5) is 11.5. The Balaban J connectivity index is 2.74. The zero-order valence-corrected chi connectivity index (χ0v) is 14.6. The van der Waals surface area contributed by atoms with Gasteiger partial charge in [-0.05, 0) is 52.8 Å². The van der Waals surface area contributed by atoms with Crippen molar-refractivity contribution in [1.29, 1.82) is 0 Å². The number of allylic oxidation sites excluding steroid dienone is 1. The average Bonchev–Trinajstić information content (AvgIpc) is 2.37. The second kappa shape index (κ2) is 7.27. The average molecular weight is 300 g/mol. The molecule has 4 nitrogen and oxygen atoms in total. The number of rotatable bonds is 5. The van der Waals surface area contributed by atoms with Crippen LogP contribution >= 0.6 is 0 Å². The van der Waals surface area contributed by atoms with Crippen LogP contribution < -0.4 is 0 Å². The van der Waals surface area contributed by atoms with Crippen molar-refractivity contribution in [3.8, 4) is 0 Å². The smallest absolute Gasteiger partial charge is 0.336 e. The fourth-order valence-electron chi connectivity index (χ4n) is 2.40. The first-order chi connectivity index (χ1) is 9.24. The third-order valence-corrected chi connectivity index (χ3v) is 4.50. The molecule has 0 aromatic carbocycles. The van der Waals surface area contributed by atoms with Crippen LogP contribution in [0, 0.1) is 0 Å². The van der Waals surface area contributed by atoms with Gasteiger partial charge in [-0.1, -0.05) is 6.42 Å². The maximum Gasteiger partial charge on any atom is 0.336 e. The van der Waals surface area contributed by atoms with Gasteiger partial charge in [-0.25, -0.2) is 4.79 Å². The van der Waals surface area contributed by atoms with Gasteiger partial charge in [-0.15, -0.1) is 0 Å². The van der Waals surface area contributed by atoms with Gasteiger partial charge in [0.2, 0.25) is 0 Å². The third-order valence-electron chi connectivity index (χ3n) is 3.49. The van der Waals surface area contributed by atoms with Crippen LogP contribution in [-0.2, 0) is 18.7 Å². The molecule has 0 aromatic rings. The highest BCUT2D eigenvalue weighted by Crippen LogP contribution is 2.28. The highest BCUT2D eigenvalue weighted by atomic mass is 28.4. The molecular formula is C15H28O4Si. The van der Waals surface area contributed by atoms with E-state index in [0.717, 1.165) is 19.3 Å². The molecule has 0 heterocycles. The molecule has 5 heteroatoms. The highest BCUT2D eigenvalue weighted by molar-refractivity contribution is 6.69. The molecule has 0 amide bonds. The minimum absolute atomic E-state index is 0.0510. The normalized spacial score (nSPS) is 24.9. The molecule has 0 unspecified atom stereocenters. The fourth-order valence-corrected chi connectivity index (χ4v) is 3.58. The Bertz CT molecular complexity index is 371. The summed E-state index contributed by atoms with van der Waals surface area (Å²) >= 11 is 0. The molecule has 0 bridgehead atoms. The predicted octanol–water partition coefficient (Wildman–Crippen LogP) is 3.63. The van der Waals surface area contributed by atoms with Crippen LogP contribution in [0.2, 0.25) is 19.6 Å². The summed E-state index contributed by atoms with van der Waals surface area (Å²) < 4.78 is 17.0. The van der Waals surface area contributed by atoms with Crippen LogP contribution in [0.15, 0.2) is 11.3 Å². The van der Waals surface area contributed by atoms with Crippen molar-refractivity contribution >= 4 is 14.3 Å². The molecule has 0 aromatic heterocycles. The van der Waals surface area contributed by atoms with Gasteiger partial charge in [-0.3, -0.25) is 0 Å². The van der Waals surface area contributed by atoms with Gasteiger partial charge in [0.1, 0.15) is 11.9 Å². The van der Waals surface area contributed by atoms with E-state index in [9.17, 15) is 4.79 Å². The predicted molar refractivity (Wildman–Crippen MR) is 82.0 cm³/mol. The van der Waals surface area contributed by atoms with Gasteiger partial charge in [0, 0.05) is 0 Å². The van der Waals surface area contributed by atoms with Crippen molar-refractivity contribution in [2.24, 2.45) is 0 Å². The van der Waals surface area contributed by atoms with E-state index in [1.807, 2.05) is 6.92 Å². The van der Waals surface area contributed by atoms with Crippen molar-refractivity contribution in [3.63, 3.8) is 0 Å². The van der Waals surface area contributed by atoms with Crippen molar-refractivity contribution < 1.29 is 18.7 Å². The van der Waals surface area contributed by atoms with E-state index in [0.29, 0.717) is 11.3 Å². The summed E-state index contributed by atoms with van der Waals surface area (Å²) in [6.45, 7) is 10.1. The SMILES string of the molecule is COC(=O)/C(C)=C(/C)O[C@H]1CCCC[C@@H]1O[Si](C)(C)C. The second-order valence-electron chi connectivity index (χ2n) is 6.38. The summed E-state index contributed by atoms with van der Waals surface area (Å²) in [6.07, 6.45) is 4.57. The Labute approximate surface area is 123 Å². The molecule has 0 spiro atoms. The van der Waals surface area contributed by atoms with Gasteiger partial charge in [0.25, 0.3) is 0 Å². The van der Waals surface area contributed by atoms with Crippen LogP contribution in [0.3, 0.4) is 0 Å². The molecule has 0 aliphatic heterocycles. The number of methoxy groups -OCH3 is 1. The molecule has 1 fully saturated rings. The summed E-state index contributed by atoms with van der Waals surface area (Å²) in [5, 5.41) is 0. The van der Waals surface area contributed by atoms with E-state index in [1.165, 1.54) is 13.5 Å². The Morgan fingerprint density at radius 1 is 1.05 bits per heavy atom. The summed E-state index contributed by atoms with van der Waals surface area (Å²) in [7, 11) is -0.195. The highest BCUT2D eigenvalue weighted by Gasteiger charge is 2.32. The Morgan fingerprint density at radius 2 is 1.60 bits per heavy atom. The van der Waals surface area contributed by atoms with Gasteiger partial charge in [0.05, 0.1) is 18.8 Å². The third kappa shape index (κ3) is 5.29. The van der Waals surface area contributed by atoms with Crippen molar-refractivity contribution in [2.45, 2.75) is 71.4 Å². The van der Waals surface area contributed by atoms with Crippen molar-refractivity contribution in [1.82, 2.24) is 0 Å². The number of hydrogen-bond acceptors (Lipinski definition) is 4. The molecule has 1 rings (SSSR count). The minimum atomic E-state index is -1.58. The Hall–Kier alpha value is -0.813. The molecule has 2 atom stereocenters. The molecule has 1 aliphatic rings. The Morgan fingerprint density at radius 3 is 2.10 bits per heavy atom. The lowest BCUT2D eigenvalue weighted by atomic mass is 9.95. The first-order valence-electron chi connectivity index (χ1n) is 7.35. The van der Waals surface area contributed by atoms with E-state index < -0.39 is 8.32 Å². The van der Waals surface area contributed by atoms with Crippen LogP contribution in [-0.4, -0.2) is 33.6 Å². The zero-order valence-electron chi connectivity index (χ0n) is 13.6. The fraction of sp³-hybridized carbons (Fsp3) is 0.800. The van der Waals surface area contributed by atoms with Gasteiger partial charge >= 0.3 is 5.97 Å². The molecule has 1 aliphatic carbocycles. The molecule has 0 radical (unpaired) electrons. The van der Waals surface area contributed by atoms with E-state index in [1.54, 1.807) is 6.92 Å². The number of esters is 1.